The Morgan fingerprint density at radius 1 is 1.19 bits per heavy atom. The zero-order chi connectivity index (χ0) is 18.4. The highest BCUT2D eigenvalue weighted by atomic mass is 32.2. The van der Waals surface area contributed by atoms with Crippen LogP contribution in [0, 0.1) is 0 Å². The van der Waals surface area contributed by atoms with Crippen molar-refractivity contribution in [2.45, 2.75) is 24.5 Å². The number of ether oxygens (including phenoxy) is 1. The van der Waals surface area contributed by atoms with Gasteiger partial charge in [0.25, 0.3) is 0 Å². The van der Waals surface area contributed by atoms with Gasteiger partial charge in [-0.05, 0) is 30.2 Å². The number of benzene rings is 2. The highest BCUT2D eigenvalue weighted by Crippen LogP contribution is 2.21. The van der Waals surface area contributed by atoms with Crippen molar-refractivity contribution in [3.05, 3.63) is 65.7 Å². The summed E-state index contributed by atoms with van der Waals surface area (Å²) in [6.45, 7) is 3.32. The third-order valence-electron chi connectivity index (χ3n) is 4.16. The Balaban J connectivity index is 1.50. The molecule has 3 rings (SSSR count). The Hall–Kier alpha value is -2.47. The van der Waals surface area contributed by atoms with Gasteiger partial charge in [0.05, 0.1) is 11.8 Å². The average molecular weight is 370 g/mol. The van der Waals surface area contributed by atoms with Gasteiger partial charge in [-0.1, -0.05) is 42.5 Å². The fourth-order valence-electron chi connectivity index (χ4n) is 2.67. The lowest BCUT2D eigenvalue weighted by Crippen LogP contribution is -2.30. The summed E-state index contributed by atoms with van der Waals surface area (Å²) in [4.78, 5) is 25.6. The van der Waals surface area contributed by atoms with Gasteiger partial charge < -0.3 is 10.1 Å². The van der Waals surface area contributed by atoms with Crippen molar-refractivity contribution < 1.29 is 14.3 Å². The van der Waals surface area contributed by atoms with Gasteiger partial charge in [0.2, 0.25) is 5.91 Å². The van der Waals surface area contributed by atoms with Crippen molar-refractivity contribution in [1.29, 1.82) is 0 Å². The number of anilines is 1. The van der Waals surface area contributed by atoms with E-state index in [4.69, 9.17) is 4.74 Å². The van der Waals surface area contributed by atoms with Crippen LogP contribution in [0.5, 0.6) is 0 Å². The van der Waals surface area contributed by atoms with Gasteiger partial charge >= 0.3 is 6.09 Å². The number of carbonyl (C=O) groups excluding carboxylic acids is 2. The highest BCUT2D eigenvalue weighted by Gasteiger charge is 2.23. The normalized spacial score (nSPS) is 14.8. The van der Waals surface area contributed by atoms with Gasteiger partial charge in [0, 0.05) is 18.0 Å². The Labute approximate surface area is 157 Å². The zero-order valence-corrected chi connectivity index (χ0v) is 15.5. The van der Waals surface area contributed by atoms with Gasteiger partial charge in [0.15, 0.2) is 0 Å². The lowest BCUT2D eigenvalue weighted by Gasteiger charge is -2.15. The van der Waals surface area contributed by atoms with Gasteiger partial charge in [-0.3, -0.25) is 9.69 Å². The molecule has 1 fully saturated rings. The molecule has 1 saturated heterocycles. The van der Waals surface area contributed by atoms with E-state index in [0.717, 1.165) is 17.0 Å². The molecule has 0 radical (unpaired) electrons. The van der Waals surface area contributed by atoms with E-state index in [1.807, 2.05) is 49.4 Å². The predicted octanol–water partition coefficient (Wildman–Crippen LogP) is 3.58. The Kier molecular flexibility index (Phi) is 6.17. The van der Waals surface area contributed by atoms with E-state index < -0.39 is 0 Å². The van der Waals surface area contributed by atoms with Crippen LogP contribution >= 0.6 is 11.8 Å². The van der Waals surface area contributed by atoms with E-state index in [0.29, 0.717) is 19.7 Å². The van der Waals surface area contributed by atoms with Crippen LogP contribution in [0.1, 0.15) is 18.1 Å². The lowest BCUT2D eigenvalue weighted by molar-refractivity contribution is -0.120. The standard InChI is InChI=1S/C20H22N2O3S/c1-15(26-14-16-6-3-2-4-7-16)19(23)21-13-17-8-5-9-18(12-17)22-10-11-25-20(22)24/h2-9,12,15H,10-11,13-14H2,1H3,(H,21,23)/t15-/m0/s1. The molecule has 0 aliphatic carbocycles. The Bertz CT molecular complexity index is 767. The summed E-state index contributed by atoms with van der Waals surface area (Å²) in [7, 11) is 0. The molecule has 1 aliphatic heterocycles. The summed E-state index contributed by atoms with van der Waals surface area (Å²) in [6.07, 6.45) is -0.322. The van der Waals surface area contributed by atoms with Crippen molar-refractivity contribution >= 4 is 29.4 Å². The number of nitrogens with zero attached hydrogens (tertiary/aromatic N) is 1. The van der Waals surface area contributed by atoms with Crippen LogP contribution in [0.15, 0.2) is 54.6 Å². The zero-order valence-electron chi connectivity index (χ0n) is 14.7. The molecule has 0 bridgehead atoms. The molecule has 1 N–H and O–H groups in total. The van der Waals surface area contributed by atoms with E-state index >= 15 is 0 Å². The van der Waals surface area contributed by atoms with E-state index in [2.05, 4.69) is 17.4 Å². The predicted molar refractivity (Wildman–Crippen MR) is 104 cm³/mol. The molecule has 2 amide bonds. The van der Waals surface area contributed by atoms with E-state index in [-0.39, 0.29) is 17.3 Å². The van der Waals surface area contributed by atoms with Crippen LogP contribution < -0.4 is 10.2 Å². The average Bonchev–Trinajstić information content (AvgIpc) is 3.11. The summed E-state index contributed by atoms with van der Waals surface area (Å²) in [6, 6.07) is 17.7. The summed E-state index contributed by atoms with van der Waals surface area (Å²) < 4.78 is 4.97. The van der Waals surface area contributed by atoms with E-state index in [1.54, 1.807) is 16.7 Å². The van der Waals surface area contributed by atoms with Crippen LogP contribution in [-0.2, 0) is 21.8 Å². The van der Waals surface area contributed by atoms with Crippen molar-refractivity contribution in [2.24, 2.45) is 0 Å². The second kappa shape index (κ2) is 8.76. The third kappa shape index (κ3) is 4.79. The van der Waals surface area contributed by atoms with Crippen molar-refractivity contribution in [3.63, 3.8) is 0 Å². The number of hydrogen-bond donors (Lipinski definition) is 1. The minimum absolute atomic E-state index is 0.0110. The van der Waals surface area contributed by atoms with Gasteiger partial charge in [-0.25, -0.2) is 4.79 Å². The molecule has 5 nitrogen and oxygen atoms in total. The number of cyclic esters (lactones) is 1. The molecule has 136 valence electrons. The van der Waals surface area contributed by atoms with Crippen LogP contribution in [0.2, 0.25) is 0 Å². The maximum absolute atomic E-state index is 12.3. The molecule has 0 aromatic heterocycles. The first kappa shape index (κ1) is 18.3. The molecular formula is C20H22N2O3S. The third-order valence-corrected chi connectivity index (χ3v) is 5.38. The fraction of sp³-hybridized carbons (Fsp3) is 0.300. The number of amides is 2. The van der Waals surface area contributed by atoms with Crippen molar-refractivity contribution in [3.8, 4) is 0 Å². The second-order valence-corrected chi connectivity index (χ2v) is 7.42. The summed E-state index contributed by atoms with van der Waals surface area (Å²) in [5.74, 6) is 0.819. The number of carbonyl (C=O) groups is 2. The quantitative estimate of drug-likeness (QED) is 0.809. The number of thioether (sulfide) groups is 1. The minimum Gasteiger partial charge on any atom is -0.447 e. The number of hydrogen-bond acceptors (Lipinski definition) is 4. The maximum Gasteiger partial charge on any atom is 0.414 e. The van der Waals surface area contributed by atoms with E-state index in [9.17, 15) is 9.59 Å². The van der Waals surface area contributed by atoms with Crippen LogP contribution in [0.3, 0.4) is 0 Å². The van der Waals surface area contributed by atoms with Gasteiger partial charge in [-0.15, -0.1) is 11.8 Å². The largest absolute Gasteiger partial charge is 0.447 e. The summed E-state index contributed by atoms with van der Waals surface area (Å²) in [5, 5.41) is 2.84. The smallest absolute Gasteiger partial charge is 0.414 e. The fourth-order valence-corrected chi connectivity index (χ4v) is 3.54. The Morgan fingerprint density at radius 2 is 1.96 bits per heavy atom. The topological polar surface area (TPSA) is 58.6 Å². The lowest BCUT2D eigenvalue weighted by atomic mass is 10.2. The first-order chi connectivity index (χ1) is 12.6. The second-order valence-electron chi connectivity index (χ2n) is 6.09. The molecule has 2 aromatic carbocycles. The van der Waals surface area contributed by atoms with E-state index in [1.165, 1.54) is 5.56 Å². The number of rotatable bonds is 7. The SMILES string of the molecule is C[C@H](SCc1ccccc1)C(=O)NCc1cccc(N2CCOC2=O)c1. The highest BCUT2D eigenvalue weighted by molar-refractivity contribution is 7.99. The Morgan fingerprint density at radius 3 is 2.69 bits per heavy atom. The molecule has 0 unspecified atom stereocenters. The molecule has 26 heavy (non-hydrogen) atoms. The molecular weight excluding hydrogens is 348 g/mol. The molecule has 2 aromatic rings. The van der Waals surface area contributed by atoms with Gasteiger partial charge in [-0.2, -0.15) is 0 Å². The number of nitrogens with one attached hydrogen (secondary N) is 1. The molecule has 0 spiro atoms. The van der Waals surface area contributed by atoms with Crippen LogP contribution in [-0.4, -0.2) is 30.4 Å². The molecule has 1 atom stereocenters. The van der Waals surface area contributed by atoms with Crippen molar-refractivity contribution in [1.82, 2.24) is 5.32 Å². The first-order valence-corrected chi connectivity index (χ1v) is 9.65. The molecule has 1 heterocycles. The van der Waals surface area contributed by atoms with Crippen LogP contribution in [0.25, 0.3) is 0 Å². The first-order valence-electron chi connectivity index (χ1n) is 8.60. The van der Waals surface area contributed by atoms with Crippen LogP contribution in [0.4, 0.5) is 10.5 Å². The van der Waals surface area contributed by atoms with Gasteiger partial charge in [0.1, 0.15) is 6.61 Å². The summed E-state index contributed by atoms with van der Waals surface area (Å²) in [5.41, 5.74) is 2.96. The maximum atomic E-state index is 12.3. The molecule has 6 heteroatoms. The monoisotopic (exact) mass is 370 g/mol. The summed E-state index contributed by atoms with van der Waals surface area (Å²) >= 11 is 1.62. The van der Waals surface area contributed by atoms with Crippen molar-refractivity contribution in [2.75, 3.05) is 18.1 Å². The minimum atomic E-state index is -0.322. The molecule has 1 aliphatic rings. The molecule has 0 saturated carbocycles.